The van der Waals surface area contributed by atoms with Gasteiger partial charge in [0.05, 0.1) is 16.0 Å². The molecule has 3 aromatic rings. The first-order chi connectivity index (χ1) is 15.2. The largest absolute Gasteiger partial charge is 0.507 e. The first-order valence-electron chi connectivity index (χ1n) is 10.2. The summed E-state index contributed by atoms with van der Waals surface area (Å²) in [6, 6.07) is 8.60. The number of rotatable bonds is 4. The van der Waals surface area contributed by atoms with Crippen molar-refractivity contribution in [2.45, 2.75) is 44.9 Å². The highest BCUT2D eigenvalue weighted by molar-refractivity contribution is 6.32. The molecule has 170 valence electrons. The number of alkyl halides is 3. The van der Waals surface area contributed by atoms with Crippen molar-refractivity contribution >= 4 is 22.6 Å². The molecule has 0 aliphatic carbocycles. The number of piperidine rings is 1. The van der Waals surface area contributed by atoms with Crippen LogP contribution in [0.4, 0.5) is 13.2 Å². The number of para-hydroxylation sites is 1. The van der Waals surface area contributed by atoms with Crippen molar-refractivity contribution in [1.82, 2.24) is 4.90 Å². The number of hydrogen-bond donors (Lipinski definition) is 1. The van der Waals surface area contributed by atoms with Gasteiger partial charge in [0.15, 0.2) is 0 Å². The van der Waals surface area contributed by atoms with Crippen molar-refractivity contribution in [3.63, 3.8) is 0 Å². The van der Waals surface area contributed by atoms with E-state index in [1.165, 1.54) is 30.3 Å². The highest BCUT2D eigenvalue weighted by Crippen LogP contribution is 2.41. The Morgan fingerprint density at radius 3 is 2.66 bits per heavy atom. The Labute approximate surface area is 187 Å². The number of likely N-dealkylation sites (tertiary alicyclic amines) is 1. The zero-order chi connectivity index (χ0) is 23.0. The Kier molecular flexibility index (Phi) is 6.09. The predicted octanol–water partition coefficient (Wildman–Crippen LogP) is 6.34. The number of phenols is 1. The molecule has 1 aromatic heterocycles. The Morgan fingerprint density at radius 1 is 1.22 bits per heavy atom. The first-order valence-corrected chi connectivity index (χ1v) is 10.6. The van der Waals surface area contributed by atoms with Crippen LogP contribution in [0.15, 0.2) is 45.6 Å². The maximum atomic E-state index is 13.9. The van der Waals surface area contributed by atoms with E-state index in [-0.39, 0.29) is 45.6 Å². The summed E-state index contributed by atoms with van der Waals surface area (Å²) in [6.07, 6.45) is -2.05. The van der Waals surface area contributed by atoms with Gasteiger partial charge in [-0.1, -0.05) is 30.2 Å². The van der Waals surface area contributed by atoms with Crippen molar-refractivity contribution in [2.75, 3.05) is 6.54 Å². The van der Waals surface area contributed by atoms with Gasteiger partial charge in [-0.2, -0.15) is 13.2 Å². The number of fused-ring (bicyclic) bond motifs is 1. The van der Waals surface area contributed by atoms with Gasteiger partial charge >= 0.3 is 6.18 Å². The fourth-order valence-corrected chi connectivity index (χ4v) is 4.13. The average Bonchev–Trinajstić information content (AvgIpc) is 2.74. The Bertz CT molecular complexity index is 1210. The van der Waals surface area contributed by atoms with Crippen molar-refractivity contribution in [2.24, 2.45) is 0 Å². The van der Waals surface area contributed by atoms with Crippen molar-refractivity contribution in [1.29, 1.82) is 0 Å². The molecule has 0 amide bonds. The van der Waals surface area contributed by atoms with E-state index in [1.807, 2.05) is 6.92 Å². The van der Waals surface area contributed by atoms with E-state index in [9.17, 15) is 23.1 Å². The van der Waals surface area contributed by atoms with Crippen LogP contribution >= 0.6 is 11.6 Å². The number of benzene rings is 2. The number of aromatic hydroxyl groups is 1. The Morgan fingerprint density at radius 2 is 1.97 bits per heavy atom. The molecule has 1 aliphatic heterocycles. The van der Waals surface area contributed by atoms with Crippen LogP contribution in [0.3, 0.4) is 0 Å². The fraction of sp³-hybridized carbons (Fsp3) is 0.348. The molecule has 0 unspecified atom stereocenters. The van der Waals surface area contributed by atoms with Gasteiger partial charge in [0.2, 0.25) is 11.2 Å². The van der Waals surface area contributed by atoms with Gasteiger partial charge in [-0.05, 0) is 50.6 Å². The number of ether oxygens (including phenoxy) is 1. The molecule has 0 radical (unpaired) electrons. The summed E-state index contributed by atoms with van der Waals surface area (Å²) in [4.78, 5) is 15.2. The topological polar surface area (TPSA) is 62.9 Å². The van der Waals surface area contributed by atoms with Gasteiger partial charge in [-0.25, -0.2) is 0 Å². The summed E-state index contributed by atoms with van der Waals surface area (Å²) in [6.45, 7) is 2.92. The molecule has 2 aromatic carbocycles. The average molecular weight is 468 g/mol. The van der Waals surface area contributed by atoms with E-state index in [2.05, 4.69) is 4.90 Å². The lowest BCUT2D eigenvalue weighted by molar-refractivity contribution is -0.154. The molecule has 5 nitrogen and oxygen atoms in total. The van der Waals surface area contributed by atoms with Crippen LogP contribution in [-0.2, 0) is 12.7 Å². The second-order valence-corrected chi connectivity index (χ2v) is 8.28. The summed E-state index contributed by atoms with van der Waals surface area (Å²) in [7, 11) is 0. The predicted molar refractivity (Wildman–Crippen MR) is 114 cm³/mol. The van der Waals surface area contributed by atoms with Crippen LogP contribution in [-0.4, -0.2) is 22.6 Å². The lowest BCUT2D eigenvalue weighted by atomic mass is 10.0. The molecule has 0 saturated carbocycles. The first kappa shape index (κ1) is 22.5. The lowest BCUT2D eigenvalue weighted by Crippen LogP contribution is -2.36. The van der Waals surface area contributed by atoms with Gasteiger partial charge < -0.3 is 14.3 Å². The summed E-state index contributed by atoms with van der Waals surface area (Å²) in [5.41, 5.74) is -1.15. The van der Waals surface area contributed by atoms with Gasteiger partial charge in [0.1, 0.15) is 17.1 Å². The normalized spacial score (nSPS) is 17.6. The Balaban J connectivity index is 1.89. The number of phenolic OH excluding ortho intramolecular Hbond substituents is 1. The van der Waals surface area contributed by atoms with Crippen molar-refractivity contribution in [3.05, 3.63) is 63.0 Å². The maximum absolute atomic E-state index is 13.9. The molecule has 2 heterocycles. The monoisotopic (exact) mass is 467 g/mol. The third-order valence-electron chi connectivity index (χ3n) is 5.70. The summed E-state index contributed by atoms with van der Waals surface area (Å²) >= 11 is 6.00. The van der Waals surface area contributed by atoms with E-state index in [0.717, 1.165) is 25.8 Å². The standard InChI is InChI=1S/C23H21ClF3NO4/c1-13-6-4-5-11-28(13)12-15-17(29)10-9-14-19(30)21(22(23(25,26)27)32-20(14)15)31-18-8-3-2-7-16(18)24/h2-3,7-10,13,29H,4-6,11-12H2,1H3/t13-/m1/s1. The summed E-state index contributed by atoms with van der Waals surface area (Å²) < 4.78 is 52.3. The highest BCUT2D eigenvalue weighted by atomic mass is 35.5. The van der Waals surface area contributed by atoms with Crippen LogP contribution < -0.4 is 10.2 Å². The molecule has 4 rings (SSSR count). The van der Waals surface area contributed by atoms with Crippen LogP contribution in [0, 0.1) is 0 Å². The molecular weight excluding hydrogens is 447 g/mol. The van der Waals surface area contributed by atoms with Crippen LogP contribution in [0.25, 0.3) is 11.0 Å². The highest BCUT2D eigenvalue weighted by Gasteiger charge is 2.41. The van der Waals surface area contributed by atoms with E-state index >= 15 is 0 Å². The quantitative estimate of drug-likeness (QED) is 0.485. The van der Waals surface area contributed by atoms with E-state index < -0.39 is 23.1 Å². The zero-order valence-electron chi connectivity index (χ0n) is 17.2. The third kappa shape index (κ3) is 4.29. The molecule has 1 fully saturated rings. The maximum Gasteiger partial charge on any atom is 0.453 e. The molecule has 0 bridgehead atoms. The number of halogens is 4. The van der Waals surface area contributed by atoms with Crippen LogP contribution in [0.1, 0.15) is 37.5 Å². The molecule has 32 heavy (non-hydrogen) atoms. The minimum atomic E-state index is -5.01. The van der Waals surface area contributed by atoms with Gasteiger partial charge in [0.25, 0.3) is 5.76 Å². The molecule has 1 N–H and O–H groups in total. The number of nitrogens with zero attached hydrogens (tertiary/aromatic N) is 1. The molecule has 0 spiro atoms. The second kappa shape index (κ2) is 8.67. The fourth-order valence-electron chi connectivity index (χ4n) is 3.95. The molecule has 1 saturated heterocycles. The molecule has 1 aliphatic rings. The minimum Gasteiger partial charge on any atom is -0.507 e. The summed E-state index contributed by atoms with van der Waals surface area (Å²) in [5, 5.41) is 10.4. The summed E-state index contributed by atoms with van der Waals surface area (Å²) in [5.74, 6) is -2.91. The third-order valence-corrected chi connectivity index (χ3v) is 6.02. The second-order valence-electron chi connectivity index (χ2n) is 7.87. The molecular formula is C23H21ClF3NO4. The SMILES string of the molecule is C[C@@H]1CCCCN1Cc1c(O)ccc2c(=O)c(Oc3ccccc3Cl)c(C(F)(F)F)oc12. The molecule has 1 atom stereocenters. The Hall–Kier alpha value is -2.71. The zero-order valence-corrected chi connectivity index (χ0v) is 18.0. The number of hydrogen-bond acceptors (Lipinski definition) is 5. The van der Waals surface area contributed by atoms with Crippen molar-refractivity contribution in [3.8, 4) is 17.2 Å². The van der Waals surface area contributed by atoms with Crippen LogP contribution in [0.5, 0.6) is 17.2 Å². The lowest BCUT2D eigenvalue weighted by Gasteiger charge is -2.33. The van der Waals surface area contributed by atoms with E-state index in [4.69, 9.17) is 20.8 Å². The molecule has 9 heteroatoms. The van der Waals surface area contributed by atoms with Crippen molar-refractivity contribution < 1.29 is 27.4 Å². The van der Waals surface area contributed by atoms with E-state index in [1.54, 1.807) is 6.07 Å². The smallest absolute Gasteiger partial charge is 0.453 e. The van der Waals surface area contributed by atoms with Crippen LogP contribution in [0.2, 0.25) is 5.02 Å². The van der Waals surface area contributed by atoms with Gasteiger partial charge in [-0.3, -0.25) is 9.69 Å². The van der Waals surface area contributed by atoms with Gasteiger partial charge in [-0.15, -0.1) is 0 Å². The minimum absolute atomic E-state index is 0.0469. The van der Waals surface area contributed by atoms with Gasteiger partial charge in [0, 0.05) is 12.6 Å². The van der Waals surface area contributed by atoms with E-state index in [0.29, 0.717) is 0 Å².